The van der Waals surface area contributed by atoms with E-state index in [-0.39, 0.29) is 11.9 Å². The average Bonchev–Trinajstić information content (AvgIpc) is 2.51. The number of nitrogens with one attached hydrogen (secondary N) is 1. The number of aromatic nitrogens is 2. The molecule has 126 valence electrons. The zero-order valence-corrected chi connectivity index (χ0v) is 14.2. The van der Waals surface area contributed by atoms with Gasteiger partial charge >= 0.3 is 0 Å². The Kier molecular flexibility index (Phi) is 4.64. The van der Waals surface area contributed by atoms with Crippen molar-refractivity contribution < 1.29 is 9.53 Å². The minimum Gasteiger partial charge on any atom is -0.497 e. The Labute approximate surface area is 141 Å². The Balaban J connectivity index is 1.70. The second kappa shape index (κ2) is 6.86. The molecule has 2 heterocycles. The SMILES string of the molecule is COc1ccc(CNc2cc(C3CCN3C(C)=O)nc(C)n2)cc1. The van der Waals surface area contributed by atoms with Crippen LogP contribution in [0.25, 0.3) is 0 Å². The van der Waals surface area contributed by atoms with Crippen LogP contribution in [-0.4, -0.2) is 34.4 Å². The number of hydrogen-bond acceptors (Lipinski definition) is 5. The summed E-state index contributed by atoms with van der Waals surface area (Å²) in [5.74, 6) is 2.42. The van der Waals surface area contributed by atoms with Crippen LogP contribution in [0.1, 0.15) is 36.5 Å². The maximum absolute atomic E-state index is 11.6. The number of aryl methyl sites for hydroxylation is 1. The highest BCUT2D eigenvalue weighted by Crippen LogP contribution is 2.32. The van der Waals surface area contributed by atoms with Crippen LogP contribution in [-0.2, 0) is 11.3 Å². The zero-order valence-electron chi connectivity index (χ0n) is 14.2. The van der Waals surface area contributed by atoms with E-state index in [4.69, 9.17) is 4.74 Å². The molecule has 2 aromatic rings. The lowest BCUT2D eigenvalue weighted by molar-refractivity contribution is -0.136. The van der Waals surface area contributed by atoms with Gasteiger partial charge in [-0.05, 0) is 31.0 Å². The van der Waals surface area contributed by atoms with Crippen LogP contribution in [0.3, 0.4) is 0 Å². The highest BCUT2D eigenvalue weighted by molar-refractivity contribution is 5.74. The van der Waals surface area contributed by atoms with Crippen molar-refractivity contribution in [3.05, 3.63) is 47.4 Å². The molecule has 6 heteroatoms. The van der Waals surface area contributed by atoms with Crippen molar-refractivity contribution in [3.8, 4) is 5.75 Å². The number of anilines is 1. The van der Waals surface area contributed by atoms with Gasteiger partial charge in [0.15, 0.2) is 0 Å². The van der Waals surface area contributed by atoms with E-state index < -0.39 is 0 Å². The van der Waals surface area contributed by atoms with Gasteiger partial charge in [-0.15, -0.1) is 0 Å². The lowest BCUT2D eigenvalue weighted by Gasteiger charge is -2.40. The second-order valence-electron chi connectivity index (χ2n) is 5.94. The van der Waals surface area contributed by atoms with Crippen LogP contribution in [0.4, 0.5) is 5.82 Å². The molecule has 1 aromatic heterocycles. The summed E-state index contributed by atoms with van der Waals surface area (Å²) >= 11 is 0. The molecular formula is C18H22N4O2. The molecule has 0 aliphatic carbocycles. The average molecular weight is 326 g/mol. The first-order valence-corrected chi connectivity index (χ1v) is 8.06. The topological polar surface area (TPSA) is 67.3 Å². The highest BCUT2D eigenvalue weighted by atomic mass is 16.5. The Morgan fingerprint density at radius 2 is 2.08 bits per heavy atom. The van der Waals surface area contributed by atoms with Crippen molar-refractivity contribution >= 4 is 11.7 Å². The van der Waals surface area contributed by atoms with E-state index in [1.165, 1.54) is 0 Å². The molecule has 1 atom stereocenters. The largest absolute Gasteiger partial charge is 0.497 e. The van der Waals surface area contributed by atoms with Crippen molar-refractivity contribution in [2.45, 2.75) is 32.9 Å². The molecule has 3 rings (SSSR count). The number of benzene rings is 1. The second-order valence-corrected chi connectivity index (χ2v) is 5.94. The van der Waals surface area contributed by atoms with E-state index in [1.807, 2.05) is 42.2 Å². The van der Waals surface area contributed by atoms with Crippen LogP contribution < -0.4 is 10.1 Å². The monoisotopic (exact) mass is 326 g/mol. The molecule has 1 amide bonds. The molecule has 1 N–H and O–H groups in total. The van der Waals surface area contributed by atoms with Gasteiger partial charge in [0, 0.05) is 26.1 Å². The first-order chi connectivity index (χ1) is 11.6. The van der Waals surface area contributed by atoms with Gasteiger partial charge in [-0.2, -0.15) is 0 Å². The van der Waals surface area contributed by atoms with Gasteiger partial charge in [0.1, 0.15) is 17.4 Å². The predicted molar refractivity (Wildman–Crippen MR) is 91.8 cm³/mol. The summed E-state index contributed by atoms with van der Waals surface area (Å²) in [6.07, 6.45) is 0.952. The van der Waals surface area contributed by atoms with Crippen molar-refractivity contribution in [3.63, 3.8) is 0 Å². The molecule has 1 saturated heterocycles. The summed E-state index contributed by atoms with van der Waals surface area (Å²) in [7, 11) is 1.66. The van der Waals surface area contributed by atoms with E-state index in [1.54, 1.807) is 14.0 Å². The van der Waals surface area contributed by atoms with Gasteiger partial charge in [0.05, 0.1) is 18.8 Å². The number of carbonyl (C=O) groups excluding carboxylic acids is 1. The fraction of sp³-hybridized carbons (Fsp3) is 0.389. The lowest BCUT2D eigenvalue weighted by atomic mass is 9.99. The molecule has 0 saturated carbocycles. The molecule has 6 nitrogen and oxygen atoms in total. The van der Waals surface area contributed by atoms with Crippen molar-refractivity contribution in [2.75, 3.05) is 19.0 Å². The Hall–Kier alpha value is -2.63. The Bertz CT molecular complexity index is 730. The molecule has 1 fully saturated rings. The predicted octanol–water partition coefficient (Wildman–Crippen LogP) is 2.70. The number of hydrogen-bond donors (Lipinski definition) is 1. The highest BCUT2D eigenvalue weighted by Gasteiger charge is 2.32. The van der Waals surface area contributed by atoms with Crippen molar-refractivity contribution in [1.82, 2.24) is 14.9 Å². The van der Waals surface area contributed by atoms with Crippen LogP contribution in [0.5, 0.6) is 5.75 Å². The van der Waals surface area contributed by atoms with E-state index in [2.05, 4.69) is 15.3 Å². The first kappa shape index (κ1) is 16.2. The number of amides is 1. The van der Waals surface area contributed by atoms with Crippen LogP contribution in [0.15, 0.2) is 30.3 Å². The number of rotatable bonds is 5. The summed E-state index contributed by atoms with van der Waals surface area (Å²) in [6, 6.07) is 9.93. The van der Waals surface area contributed by atoms with E-state index in [9.17, 15) is 4.79 Å². The minimum atomic E-state index is 0.0748. The third kappa shape index (κ3) is 3.48. The van der Waals surface area contributed by atoms with Gasteiger partial charge in [-0.25, -0.2) is 9.97 Å². The molecule has 1 aromatic carbocycles. The van der Waals surface area contributed by atoms with Gasteiger partial charge in [0.2, 0.25) is 5.91 Å². The number of methoxy groups -OCH3 is 1. The van der Waals surface area contributed by atoms with E-state index in [0.717, 1.165) is 35.8 Å². The number of nitrogens with zero attached hydrogens (tertiary/aromatic N) is 3. The first-order valence-electron chi connectivity index (χ1n) is 8.06. The van der Waals surface area contributed by atoms with Crippen LogP contribution in [0.2, 0.25) is 0 Å². The van der Waals surface area contributed by atoms with Crippen molar-refractivity contribution in [2.24, 2.45) is 0 Å². The van der Waals surface area contributed by atoms with Crippen molar-refractivity contribution in [1.29, 1.82) is 0 Å². The smallest absolute Gasteiger partial charge is 0.220 e. The maximum atomic E-state index is 11.6. The molecule has 0 bridgehead atoms. The summed E-state index contributed by atoms with van der Waals surface area (Å²) < 4.78 is 5.16. The number of ether oxygens (including phenoxy) is 1. The molecular weight excluding hydrogens is 304 g/mol. The summed E-state index contributed by atoms with van der Waals surface area (Å²) in [5.41, 5.74) is 2.05. The maximum Gasteiger partial charge on any atom is 0.220 e. The molecule has 1 aliphatic rings. The quantitative estimate of drug-likeness (QED) is 0.915. The number of carbonyl (C=O) groups is 1. The van der Waals surface area contributed by atoms with E-state index >= 15 is 0 Å². The van der Waals surface area contributed by atoms with Gasteiger partial charge in [0.25, 0.3) is 0 Å². The summed E-state index contributed by atoms with van der Waals surface area (Å²) in [4.78, 5) is 22.4. The van der Waals surface area contributed by atoms with Gasteiger partial charge in [-0.1, -0.05) is 12.1 Å². The summed E-state index contributed by atoms with van der Waals surface area (Å²) in [6.45, 7) is 4.94. The Morgan fingerprint density at radius 3 is 2.67 bits per heavy atom. The third-order valence-electron chi connectivity index (χ3n) is 4.26. The zero-order chi connectivity index (χ0) is 17.1. The summed E-state index contributed by atoms with van der Waals surface area (Å²) in [5, 5.41) is 3.33. The third-order valence-corrected chi connectivity index (χ3v) is 4.26. The number of likely N-dealkylation sites (tertiary alicyclic amines) is 1. The Morgan fingerprint density at radius 1 is 1.33 bits per heavy atom. The van der Waals surface area contributed by atoms with Gasteiger partial charge in [-0.3, -0.25) is 4.79 Å². The lowest BCUT2D eigenvalue weighted by Crippen LogP contribution is -2.44. The standard InChI is InChI=1S/C18H22N4O2/c1-12-20-16(17-8-9-22(17)13(2)23)10-18(21-12)19-11-14-4-6-15(24-3)7-5-14/h4-7,10,17H,8-9,11H2,1-3H3,(H,19,20,21). The van der Waals surface area contributed by atoms with Crippen LogP contribution >= 0.6 is 0 Å². The minimum absolute atomic E-state index is 0.0748. The molecule has 1 aliphatic heterocycles. The normalized spacial score (nSPS) is 16.5. The van der Waals surface area contributed by atoms with Gasteiger partial charge < -0.3 is 15.0 Å². The molecule has 0 radical (unpaired) electrons. The molecule has 24 heavy (non-hydrogen) atoms. The fourth-order valence-electron chi connectivity index (χ4n) is 2.86. The van der Waals surface area contributed by atoms with Crippen LogP contribution in [0, 0.1) is 6.92 Å². The fourth-order valence-corrected chi connectivity index (χ4v) is 2.86. The van der Waals surface area contributed by atoms with E-state index in [0.29, 0.717) is 12.4 Å². The molecule has 1 unspecified atom stereocenters. The molecule has 0 spiro atoms.